The number of nitrogens with zero attached hydrogens (tertiary/aromatic N) is 2. The Labute approximate surface area is 247 Å². The molecular formula is C32H42N4O4S. The third-order valence-electron chi connectivity index (χ3n) is 9.25. The summed E-state index contributed by atoms with van der Waals surface area (Å²) in [7, 11) is 0. The molecule has 2 bridgehead atoms. The normalized spacial score (nSPS) is 28.9. The number of anilines is 2. The van der Waals surface area contributed by atoms with Crippen LogP contribution in [0.2, 0.25) is 0 Å². The lowest BCUT2D eigenvalue weighted by atomic mass is 9.66. The minimum Gasteiger partial charge on any atom is -0.394 e. The van der Waals surface area contributed by atoms with Crippen LogP contribution < -0.4 is 15.5 Å². The Hall–Kier alpha value is -3.04. The van der Waals surface area contributed by atoms with Crippen LogP contribution in [0.5, 0.6) is 0 Å². The largest absolute Gasteiger partial charge is 0.394 e. The number of carbonyl (C=O) groups is 3. The van der Waals surface area contributed by atoms with Crippen molar-refractivity contribution in [1.29, 1.82) is 0 Å². The molecule has 0 saturated carbocycles. The Morgan fingerprint density at radius 3 is 2.34 bits per heavy atom. The van der Waals surface area contributed by atoms with Gasteiger partial charge in [-0.2, -0.15) is 0 Å². The van der Waals surface area contributed by atoms with E-state index in [0.29, 0.717) is 18.7 Å². The number of aliphatic hydroxyl groups is 1. The molecule has 41 heavy (non-hydrogen) atoms. The molecule has 1 spiro atoms. The molecule has 5 rings (SSSR count). The van der Waals surface area contributed by atoms with Gasteiger partial charge in [0.15, 0.2) is 0 Å². The van der Waals surface area contributed by atoms with Gasteiger partial charge in [-0.25, -0.2) is 0 Å². The highest BCUT2D eigenvalue weighted by molar-refractivity contribution is 8.02. The summed E-state index contributed by atoms with van der Waals surface area (Å²) < 4.78 is -1.19. The monoisotopic (exact) mass is 578 g/mol. The number of hydrogen-bond donors (Lipinski definition) is 3. The molecular weight excluding hydrogens is 536 g/mol. The lowest BCUT2D eigenvalue weighted by Crippen LogP contribution is -2.53. The maximum absolute atomic E-state index is 14.5. The zero-order valence-electron chi connectivity index (χ0n) is 24.4. The molecule has 2 aromatic rings. The minimum absolute atomic E-state index is 0.116. The zero-order valence-corrected chi connectivity index (χ0v) is 25.2. The molecule has 3 heterocycles. The second kappa shape index (κ2) is 11.7. The second-order valence-electron chi connectivity index (χ2n) is 11.6. The van der Waals surface area contributed by atoms with Crippen LogP contribution in [0, 0.1) is 11.8 Å². The number of amides is 3. The summed E-state index contributed by atoms with van der Waals surface area (Å²) in [6.07, 6.45) is 2.21. The van der Waals surface area contributed by atoms with Crippen LogP contribution in [-0.4, -0.2) is 69.5 Å². The summed E-state index contributed by atoms with van der Waals surface area (Å²) in [6.45, 7) is 10.3. The maximum Gasteiger partial charge on any atom is 0.248 e. The molecule has 8 nitrogen and oxygen atoms in total. The molecule has 3 aliphatic rings. The molecule has 9 heteroatoms. The van der Waals surface area contributed by atoms with Crippen LogP contribution in [0.4, 0.5) is 11.4 Å². The Morgan fingerprint density at radius 2 is 1.73 bits per heavy atom. The topological polar surface area (TPSA) is 102 Å². The van der Waals surface area contributed by atoms with Crippen molar-refractivity contribution < 1.29 is 19.5 Å². The average molecular weight is 579 g/mol. The van der Waals surface area contributed by atoms with Crippen LogP contribution in [0.3, 0.4) is 0 Å². The number of carbonyl (C=O) groups excluding carboxylic acids is 3. The van der Waals surface area contributed by atoms with E-state index < -0.39 is 33.4 Å². The van der Waals surface area contributed by atoms with Crippen LogP contribution in [0.15, 0.2) is 54.6 Å². The van der Waals surface area contributed by atoms with Crippen LogP contribution >= 0.6 is 11.8 Å². The summed E-state index contributed by atoms with van der Waals surface area (Å²) in [6, 6.07) is 15.6. The first-order chi connectivity index (χ1) is 19.7. The van der Waals surface area contributed by atoms with E-state index in [1.54, 1.807) is 16.7 Å². The molecule has 3 saturated heterocycles. The van der Waals surface area contributed by atoms with E-state index in [4.69, 9.17) is 0 Å². The van der Waals surface area contributed by atoms with E-state index in [1.807, 2.05) is 61.5 Å². The first kappa shape index (κ1) is 29.5. The molecule has 220 valence electrons. The SMILES string of the molecule is CCCNC(=O)[C@H]1[C@H]2C(=O)N([C@H](CO)c3ccccc3)C(C(=O)Nc3ccc(N(CC)CC)cc3)C23CC[C@]1(C)S3. The molecule has 6 atom stereocenters. The Balaban J connectivity index is 1.54. The van der Waals surface area contributed by atoms with Gasteiger partial charge in [-0.1, -0.05) is 37.3 Å². The smallest absolute Gasteiger partial charge is 0.248 e. The fraction of sp³-hybridized carbons (Fsp3) is 0.531. The third-order valence-corrected chi connectivity index (χ3v) is 11.2. The van der Waals surface area contributed by atoms with Gasteiger partial charge in [0.25, 0.3) is 0 Å². The van der Waals surface area contributed by atoms with Crippen molar-refractivity contribution >= 4 is 40.9 Å². The number of fused-ring (bicyclic) bond motifs is 1. The molecule has 3 N–H and O–H groups in total. The van der Waals surface area contributed by atoms with Gasteiger partial charge in [0.05, 0.1) is 29.2 Å². The highest BCUT2D eigenvalue weighted by Gasteiger charge is 2.77. The third kappa shape index (κ3) is 4.91. The Bertz CT molecular complexity index is 1270. The average Bonchev–Trinajstić information content (AvgIpc) is 3.55. The van der Waals surface area contributed by atoms with Crippen molar-refractivity contribution in [2.45, 2.75) is 68.5 Å². The summed E-state index contributed by atoms with van der Waals surface area (Å²) in [4.78, 5) is 46.2. The molecule has 2 unspecified atom stereocenters. The number of benzene rings is 2. The van der Waals surface area contributed by atoms with Gasteiger partial charge in [0, 0.05) is 35.8 Å². The summed E-state index contributed by atoms with van der Waals surface area (Å²) >= 11 is 1.64. The molecule has 3 aliphatic heterocycles. The number of likely N-dealkylation sites (tertiary alicyclic amines) is 1. The van der Waals surface area contributed by atoms with E-state index in [9.17, 15) is 19.5 Å². The first-order valence-corrected chi connectivity index (χ1v) is 15.7. The van der Waals surface area contributed by atoms with Gasteiger partial charge in [-0.3, -0.25) is 14.4 Å². The van der Waals surface area contributed by atoms with Crippen molar-refractivity contribution in [2.24, 2.45) is 11.8 Å². The van der Waals surface area contributed by atoms with Crippen molar-refractivity contribution in [2.75, 3.05) is 36.5 Å². The molecule has 3 fully saturated rings. The second-order valence-corrected chi connectivity index (χ2v) is 13.5. The van der Waals surface area contributed by atoms with Gasteiger partial charge in [0.1, 0.15) is 6.04 Å². The standard InChI is InChI=1S/C32H42N4O4S/c1-5-19-33-28(38)25-26-30(40)36(24(20-37)21-11-9-8-10-12-21)27(32(26)18-17-31(25,4)41-32)29(39)34-22-13-15-23(16-14-22)35(6-2)7-3/h8-16,24-27,37H,5-7,17-20H2,1-4H3,(H,33,38)(H,34,39)/t24-,25-,26+,27?,31+,32?/m1/s1. The van der Waals surface area contributed by atoms with Crippen LogP contribution in [0.1, 0.15) is 58.6 Å². The quantitative estimate of drug-likeness (QED) is 0.369. The van der Waals surface area contributed by atoms with E-state index >= 15 is 0 Å². The molecule has 0 radical (unpaired) electrons. The van der Waals surface area contributed by atoms with E-state index in [0.717, 1.165) is 37.2 Å². The van der Waals surface area contributed by atoms with Gasteiger partial charge >= 0.3 is 0 Å². The number of hydrogen-bond acceptors (Lipinski definition) is 6. The van der Waals surface area contributed by atoms with Crippen molar-refractivity contribution in [3.63, 3.8) is 0 Å². The molecule has 2 aromatic carbocycles. The lowest BCUT2D eigenvalue weighted by Gasteiger charge is -2.37. The fourth-order valence-electron chi connectivity index (χ4n) is 7.34. The van der Waals surface area contributed by atoms with Gasteiger partial charge in [-0.15, -0.1) is 11.8 Å². The molecule has 0 aromatic heterocycles. The maximum atomic E-state index is 14.5. The minimum atomic E-state index is -0.837. The molecule has 0 aliphatic carbocycles. The van der Waals surface area contributed by atoms with Crippen molar-refractivity contribution in [1.82, 2.24) is 10.2 Å². The Kier molecular flexibility index (Phi) is 8.39. The Morgan fingerprint density at radius 1 is 1.05 bits per heavy atom. The van der Waals surface area contributed by atoms with Gasteiger partial charge in [0.2, 0.25) is 17.7 Å². The van der Waals surface area contributed by atoms with Crippen LogP contribution in [0.25, 0.3) is 0 Å². The highest BCUT2D eigenvalue weighted by atomic mass is 32.2. The zero-order chi connectivity index (χ0) is 29.4. The number of nitrogens with one attached hydrogen (secondary N) is 2. The fourth-order valence-corrected chi connectivity index (χ4v) is 9.69. The first-order valence-electron chi connectivity index (χ1n) is 14.9. The lowest BCUT2D eigenvalue weighted by molar-refractivity contribution is -0.142. The summed E-state index contributed by atoms with van der Waals surface area (Å²) in [5, 5.41) is 16.8. The molecule has 3 amide bonds. The summed E-state index contributed by atoms with van der Waals surface area (Å²) in [5.74, 6) is -1.80. The van der Waals surface area contributed by atoms with E-state index in [2.05, 4.69) is 36.3 Å². The van der Waals surface area contributed by atoms with E-state index in [1.165, 1.54) is 0 Å². The highest BCUT2D eigenvalue weighted by Crippen LogP contribution is 2.72. The van der Waals surface area contributed by atoms with Crippen molar-refractivity contribution in [3.05, 3.63) is 60.2 Å². The summed E-state index contributed by atoms with van der Waals surface area (Å²) in [5.41, 5.74) is 2.49. The van der Waals surface area contributed by atoms with Gasteiger partial charge < -0.3 is 25.5 Å². The predicted octanol–water partition coefficient (Wildman–Crippen LogP) is 4.21. The number of thioether (sulfide) groups is 1. The van der Waals surface area contributed by atoms with Crippen LogP contribution in [-0.2, 0) is 14.4 Å². The number of rotatable bonds is 11. The van der Waals surface area contributed by atoms with E-state index in [-0.39, 0.29) is 24.3 Å². The number of aliphatic hydroxyl groups excluding tert-OH is 1. The van der Waals surface area contributed by atoms with Gasteiger partial charge in [-0.05, 0) is 69.9 Å². The predicted molar refractivity (Wildman–Crippen MR) is 164 cm³/mol. The van der Waals surface area contributed by atoms with Crippen molar-refractivity contribution in [3.8, 4) is 0 Å².